The molecule has 3 aromatic heterocycles. The van der Waals surface area contributed by atoms with Gasteiger partial charge < -0.3 is 0 Å². The molecule has 0 aliphatic carbocycles. The zero-order valence-corrected chi connectivity index (χ0v) is 25.7. The molecule has 50 heavy (non-hydrogen) atoms. The highest BCUT2D eigenvalue weighted by Gasteiger charge is 2.20. The third kappa shape index (κ3) is 4.45. The van der Waals surface area contributed by atoms with Gasteiger partial charge in [0.15, 0.2) is 5.82 Å². The van der Waals surface area contributed by atoms with Gasteiger partial charge in [0.25, 0.3) is 0 Å². The summed E-state index contributed by atoms with van der Waals surface area (Å²) in [5, 5.41) is -1.03. The SMILES string of the molecule is [2H]c1c([2H])c([2H])c2c(c1[2H])c1c([2H])c([2H])c([2H])c([2H])c1n2-c1nc(-c2cccc(-c3ccccc3-c3ccccc3)c2)nc(-n2c3c([2H])c([2H])c([2H])c([2H])c3c3c([2H])c([2H])c([2H])c([2H])c32)n1. The molecule has 0 aliphatic rings. The Balaban J connectivity index is 1.40. The standard InChI is InChI=1S/C45H29N5/c1-2-15-30(16-3-1)33-19-4-5-20-34(33)31-17-14-18-32(29-31)43-46-44(49-39-25-10-6-21-35(39)36-22-7-11-26-40(36)49)48-45(47-43)50-41-27-12-8-23-37(41)38-24-9-13-28-42(38)50/h1-29H/i6D,7D,8D,9D,10D,11D,12D,13D,21D,22D,23D,24D,25D,26D,27D,28D. The van der Waals surface area contributed by atoms with Crippen molar-refractivity contribution < 1.29 is 21.9 Å². The van der Waals surface area contributed by atoms with Gasteiger partial charge in [-0.15, -0.1) is 0 Å². The molecule has 5 nitrogen and oxygen atoms in total. The van der Waals surface area contributed by atoms with Crippen LogP contribution in [0.1, 0.15) is 21.9 Å². The van der Waals surface area contributed by atoms with E-state index in [1.165, 1.54) is 0 Å². The van der Waals surface area contributed by atoms with Gasteiger partial charge in [-0.1, -0.05) is 145 Å². The van der Waals surface area contributed by atoms with Crippen molar-refractivity contribution >= 4 is 43.6 Å². The van der Waals surface area contributed by atoms with Crippen molar-refractivity contribution in [2.45, 2.75) is 0 Å². The lowest BCUT2D eigenvalue weighted by Crippen LogP contribution is -2.10. The summed E-state index contributed by atoms with van der Waals surface area (Å²) in [7, 11) is 0. The van der Waals surface area contributed by atoms with Gasteiger partial charge in [-0.05, 0) is 52.5 Å². The maximum Gasteiger partial charge on any atom is 0.240 e. The second-order valence-corrected chi connectivity index (χ2v) is 11.3. The maximum atomic E-state index is 9.16. The predicted molar refractivity (Wildman–Crippen MR) is 205 cm³/mol. The Labute approximate surface area is 310 Å². The van der Waals surface area contributed by atoms with Gasteiger partial charge in [0.05, 0.1) is 44.0 Å². The molecule has 5 heteroatoms. The summed E-state index contributed by atoms with van der Waals surface area (Å²) in [6.45, 7) is 0. The van der Waals surface area contributed by atoms with Gasteiger partial charge in [0.2, 0.25) is 11.9 Å². The largest absolute Gasteiger partial charge is 0.278 e. The molecule has 0 saturated heterocycles. The van der Waals surface area contributed by atoms with Crippen LogP contribution in [-0.2, 0) is 0 Å². The Morgan fingerprint density at radius 3 is 1.28 bits per heavy atom. The highest BCUT2D eigenvalue weighted by atomic mass is 15.3. The zero-order valence-electron chi connectivity index (χ0n) is 41.7. The Hall–Kier alpha value is -6.85. The lowest BCUT2D eigenvalue weighted by atomic mass is 9.94. The Morgan fingerprint density at radius 1 is 0.380 bits per heavy atom. The first kappa shape index (κ1) is 16.5. The van der Waals surface area contributed by atoms with Crippen LogP contribution in [-0.4, -0.2) is 24.1 Å². The third-order valence-corrected chi connectivity index (χ3v) is 8.52. The van der Waals surface area contributed by atoms with Gasteiger partial charge in [0.1, 0.15) is 0 Å². The molecule has 0 fully saturated rings. The number of hydrogen-bond acceptors (Lipinski definition) is 3. The minimum atomic E-state index is -0.694. The Kier molecular flexibility index (Phi) is 3.76. The first-order valence-electron chi connectivity index (χ1n) is 23.5. The minimum absolute atomic E-state index is 0.137. The van der Waals surface area contributed by atoms with Crippen LogP contribution in [0.25, 0.3) is 89.2 Å². The van der Waals surface area contributed by atoms with E-state index >= 15 is 0 Å². The number of aromatic nitrogens is 5. The molecule has 0 unspecified atom stereocenters. The van der Waals surface area contributed by atoms with Crippen LogP contribution in [0.3, 0.4) is 0 Å². The van der Waals surface area contributed by atoms with E-state index < -0.39 is 109 Å². The minimum Gasteiger partial charge on any atom is -0.278 e. The van der Waals surface area contributed by atoms with Crippen LogP contribution in [0.2, 0.25) is 0 Å². The quantitative estimate of drug-likeness (QED) is 0.185. The fourth-order valence-electron chi connectivity index (χ4n) is 6.35. The van der Waals surface area contributed by atoms with Crippen molar-refractivity contribution in [3.63, 3.8) is 0 Å². The number of benzene rings is 7. The number of rotatable bonds is 5. The molecule has 234 valence electrons. The van der Waals surface area contributed by atoms with Crippen LogP contribution < -0.4 is 0 Å². The molecule has 3 heterocycles. The van der Waals surface area contributed by atoms with Crippen LogP contribution in [0.5, 0.6) is 0 Å². The number of fused-ring (bicyclic) bond motifs is 6. The van der Waals surface area contributed by atoms with Gasteiger partial charge in [-0.25, -0.2) is 0 Å². The molecule has 0 radical (unpaired) electrons. The first-order valence-corrected chi connectivity index (χ1v) is 15.5. The third-order valence-electron chi connectivity index (χ3n) is 8.52. The molecular weight excluding hydrogens is 611 g/mol. The van der Waals surface area contributed by atoms with E-state index in [-0.39, 0.29) is 49.4 Å². The zero-order chi connectivity index (χ0) is 46.9. The molecule has 10 aromatic rings. The molecule has 0 atom stereocenters. The van der Waals surface area contributed by atoms with Gasteiger partial charge >= 0.3 is 0 Å². The second kappa shape index (κ2) is 11.4. The lowest BCUT2D eigenvalue weighted by molar-refractivity contribution is 0.893. The number of para-hydroxylation sites is 4. The van der Waals surface area contributed by atoms with E-state index in [1.807, 2.05) is 60.7 Å². The molecular formula is C45H29N5. The van der Waals surface area contributed by atoms with Crippen molar-refractivity contribution in [2.75, 3.05) is 0 Å². The van der Waals surface area contributed by atoms with Crippen molar-refractivity contribution in [1.82, 2.24) is 24.1 Å². The summed E-state index contributed by atoms with van der Waals surface area (Å²) in [5.74, 6) is -1.06. The van der Waals surface area contributed by atoms with Gasteiger partial charge in [-0.3, -0.25) is 9.13 Å². The first-order chi connectivity index (χ1) is 31.5. The van der Waals surface area contributed by atoms with Gasteiger partial charge in [0, 0.05) is 27.1 Å². The fraction of sp³-hybridized carbons (Fsp3) is 0. The average molecular weight is 656 g/mol. The van der Waals surface area contributed by atoms with Crippen molar-refractivity contribution in [2.24, 2.45) is 0 Å². The molecule has 0 aliphatic heterocycles. The normalized spacial score (nSPS) is 16.1. The maximum absolute atomic E-state index is 9.16. The number of hydrogen-bond donors (Lipinski definition) is 0. The Bertz CT molecular complexity index is 3460. The topological polar surface area (TPSA) is 48.5 Å². The van der Waals surface area contributed by atoms with Crippen molar-refractivity contribution in [1.29, 1.82) is 0 Å². The van der Waals surface area contributed by atoms with E-state index in [1.54, 1.807) is 18.2 Å². The second-order valence-electron chi connectivity index (χ2n) is 11.3. The van der Waals surface area contributed by atoms with Crippen molar-refractivity contribution in [3.8, 4) is 45.5 Å². The predicted octanol–water partition coefficient (Wildman–Crippen LogP) is 11.1. The highest BCUT2D eigenvalue weighted by Crippen LogP contribution is 2.36. The summed E-state index contributed by atoms with van der Waals surface area (Å²) >= 11 is 0. The van der Waals surface area contributed by atoms with Crippen LogP contribution in [0, 0.1) is 0 Å². The molecule has 0 N–H and O–H groups in total. The average Bonchev–Trinajstić information content (AvgIpc) is 3.89. The summed E-state index contributed by atoms with van der Waals surface area (Å²) < 4.78 is 144. The molecule has 0 amide bonds. The van der Waals surface area contributed by atoms with Gasteiger partial charge in [-0.2, -0.15) is 15.0 Å². The van der Waals surface area contributed by atoms with Crippen LogP contribution >= 0.6 is 0 Å². The van der Waals surface area contributed by atoms with Crippen LogP contribution in [0.4, 0.5) is 0 Å². The van der Waals surface area contributed by atoms with E-state index in [2.05, 4.69) is 0 Å². The Morgan fingerprint density at radius 2 is 0.780 bits per heavy atom. The lowest BCUT2D eigenvalue weighted by Gasteiger charge is -2.14. The van der Waals surface area contributed by atoms with E-state index in [9.17, 15) is 0 Å². The van der Waals surface area contributed by atoms with Crippen LogP contribution in [0.15, 0.2) is 176 Å². The summed E-state index contributed by atoms with van der Waals surface area (Å²) in [4.78, 5) is 14.4. The molecule has 7 aromatic carbocycles. The fourth-order valence-corrected chi connectivity index (χ4v) is 6.35. The van der Waals surface area contributed by atoms with Crippen molar-refractivity contribution in [3.05, 3.63) is 176 Å². The monoisotopic (exact) mass is 655 g/mol. The summed E-state index contributed by atoms with van der Waals surface area (Å²) in [5.41, 5.74) is 2.42. The summed E-state index contributed by atoms with van der Waals surface area (Å²) in [6, 6.07) is 14.0. The molecule has 0 spiro atoms. The van der Waals surface area contributed by atoms with E-state index in [0.29, 0.717) is 11.1 Å². The van der Waals surface area contributed by atoms with E-state index in [0.717, 1.165) is 25.8 Å². The molecule has 0 bridgehead atoms. The molecule has 10 rings (SSSR count). The smallest absolute Gasteiger partial charge is 0.240 e. The molecule has 0 saturated carbocycles. The highest BCUT2D eigenvalue weighted by molar-refractivity contribution is 6.10. The number of nitrogens with zero attached hydrogens (tertiary/aromatic N) is 5. The van der Waals surface area contributed by atoms with E-state index in [4.69, 9.17) is 36.9 Å². The summed E-state index contributed by atoms with van der Waals surface area (Å²) in [6.07, 6.45) is 0.